The number of rotatable bonds is 9. The summed E-state index contributed by atoms with van der Waals surface area (Å²) in [5.74, 6) is 1.11. The molecule has 1 amide bonds. The molecule has 0 saturated heterocycles. The van der Waals surface area contributed by atoms with E-state index in [1.54, 1.807) is 37.3 Å². The molecule has 0 bridgehead atoms. The fourth-order valence-electron chi connectivity index (χ4n) is 3.86. The van der Waals surface area contributed by atoms with E-state index in [1.165, 1.54) is 0 Å². The molecule has 1 aromatic heterocycles. The summed E-state index contributed by atoms with van der Waals surface area (Å²) in [5.41, 5.74) is 3.09. The number of carbonyl (C=O) groups is 1. The van der Waals surface area contributed by atoms with Crippen LogP contribution < -0.4 is 24.8 Å². The standard InChI is InChI=1S/C28H29N3O6S/c1-5-34-22-13-17(14-23(35-6-2)25(22)36-7-3)26(33)31-28(38)29-18-12-16(4)24(32)19(15-18)27-30-20-10-8-9-11-21(20)37-27/h8-15,32H,5-7H2,1-4H3,(H2,29,31,33,38). The van der Waals surface area contributed by atoms with Gasteiger partial charge in [0.15, 0.2) is 22.2 Å². The normalized spacial score (nSPS) is 10.7. The summed E-state index contributed by atoms with van der Waals surface area (Å²) in [5, 5.41) is 16.4. The summed E-state index contributed by atoms with van der Waals surface area (Å²) in [4.78, 5) is 17.5. The predicted molar refractivity (Wildman–Crippen MR) is 149 cm³/mol. The highest BCUT2D eigenvalue weighted by Crippen LogP contribution is 2.39. The molecule has 3 N–H and O–H groups in total. The maximum Gasteiger partial charge on any atom is 0.257 e. The number of para-hydroxylation sites is 2. The monoisotopic (exact) mass is 535 g/mol. The molecule has 4 rings (SSSR count). The van der Waals surface area contributed by atoms with Crippen LogP contribution in [-0.4, -0.2) is 40.9 Å². The lowest BCUT2D eigenvalue weighted by Crippen LogP contribution is -2.34. The Hall–Kier alpha value is -4.31. The Morgan fingerprint density at radius 3 is 2.29 bits per heavy atom. The first-order valence-electron chi connectivity index (χ1n) is 12.2. The number of ether oxygens (including phenoxy) is 3. The van der Waals surface area contributed by atoms with Crippen LogP contribution in [0.25, 0.3) is 22.6 Å². The molecule has 4 aromatic rings. The number of benzene rings is 3. The Kier molecular flexibility index (Phi) is 8.32. The second-order valence-corrected chi connectivity index (χ2v) is 8.59. The van der Waals surface area contributed by atoms with Gasteiger partial charge in [-0.3, -0.25) is 10.1 Å². The Labute approximate surface area is 225 Å². The molecule has 0 radical (unpaired) electrons. The molecule has 0 atom stereocenters. The first-order chi connectivity index (χ1) is 18.3. The topological polar surface area (TPSA) is 115 Å². The third-order valence-corrected chi connectivity index (χ3v) is 5.69. The molecule has 0 fully saturated rings. The predicted octanol–water partition coefficient (Wildman–Crippen LogP) is 5.83. The van der Waals surface area contributed by atoms with Gasteiger partial charge in [-0.25, -0.2) is 4.98 Å². The van der Waals surface area contributed by atoms with Crippen LogP contribution in [0.2, 0.25) is 0 Å². The Morgan fingerprint density at radius 1 is 1.00 bits per heavy atom. The van der Waals surface area contributed by atoms with Crippen molar-refractivity contribution in [3.8, 4) is 34.5 Å². The third kappa shape index (κ3) is 5.81. The first kappa shape index (κ1) is 26.7. The van der Waals surface area contributed by atoms with Gasteiger partial charge >= 0.3 is 0 Å². The summed E-state index contributed by atoms with van der Waals surface area (Å²) < 4.78 is 22.9. The van der Waals surface area contributed by atoms with Crippen LogP contribution in [0.5, 0.6) is 23.0 Å². The van der Waals surface area contributed by atoms with Crippen LogP contribution in [0, 0.1) is 6.92 Å². The van der Waals surface area contributed by atoms with Crippen molar-refractivity contribution in [2.75, 3.05) is 25.1 Å². The van der Waals surface area contributed by atoms with Crippen LogP contribution in [0.3, 0.4) is 0 Å². The van der Waals surface area contributed by atoms with Gasteiger partial charge in [-0.2, -0.15) is 0 Å². The fourth-order valence-corrected chi connectivity index (χ4v) is 4.07. The van der Waals surface area contributed by atoms with Crippen molar-refractivity contribution in [2.24, 2.45) is 0 Å². The Morgan fingerprint density at radius 2 is 1.66 bits per heavy atom. The second-order valence-electron chi connectivity index (χ2n) is 8.18. The average molecular weight is 536 g/mol. The quantitative estimate of drug-likeness (QED) is 0.180. The van der Waals surface area contributed by atoms with Crippen LogP contribution in [0.1, 0.15) is 36.7 Å². The third-order valence-electron chi connectivity index (χ3n) is 5.48. The number of fused-ring (bicyclic) bond motifs is 1. The number of aromatic nitrogens is 1. The number of nitrogens with one attached hydrogen (secondary N) is 2. The van der Waals surface area contributed by atoms with Crippen molar-refractivity contribution < 1.29 is 28.5 Å². The van der Waals surface area contributed by atoms with E-state index in [4.69, 9.17) is 30.8 Å². The summed E-state index contributed by atoms with van der Waals surface area (Å²) >= 11 is 5.40. The number of hydrogen-bond acceptors (Lipinski definition) is 8. The molecule has 0 unspecified atom stereocenters. The lowest BCUT2D eigenvalue weighted by Gasteiger charge is -2.17. The number of phenolic OH excluding ortho intramolecular Hbond substituents is 1. The number of nitrogens with zero attached hydrogens (tertiary/aromatic N) is 1. The highest BCUT2D eigenvalue weighted by atomic mass is 32.1. The summed E-state index contributed by atoms with van der Waals surface area (Å²) in [6, 6.07) is 13.9. The molecule has 0 aliphatic carbocycles. The summed E-state index contributed by atoms with van der Waals surface area (Å²) in [7, 11) is 0. The second kappa shape index (κ2) is 11.8. The molecule has 0 aliphatic rings. The van der Waals surface area contributed by atoms with E-state index in [0.29, 0.717) is 70.5 Å². The van der Waals surface area contributed by atoms with E-state index in [1.807, 2.05) is 39.0 Å². The molecular formula is C28H29N3O6S. The van der Waals surface area contributed by atoms with Crippen molar-refractivity contribution in [1.29, 1.82) is 0 Å². The average Bonchev–Trinajstić information content (AvgIpc) is 3.32. The molecule has 1 heterocycles. The van der Waals surface area contributed by atoms with Gasteiger partial charge in [-0.15, -0.1) is 0 Å². The minimum absolute atomic E-state index is 0.0401. The maximum atomic E-state index is 13.1. The Bertz CT molecular complexity index is 1420. The van der Waals surface area contributed by atoms with Gasteiger partial charge in [0.1, 0.15) is 11.3 Å². The van der Waals surface area contributed by atoms with E-state index in [2.05, 4.69) is 15.6 Å². The van der Waals surface area contributed by atoms with Crippen molar-refractivity contribution in [1.82, 2.24) is 10.3 Å². The van der Waals surface area contributed by atoms with Crippen molar-refractivity contribution in [3.63, 3.8) is 0 Å². The molecule has 38 heavy (non-hydrogen) atoms. The molecule has 198 valence electrons. The number of thiocarbonyl (C=S) groups is 1. The minimum atomic E-state index is -0.456. The molecular weight excluding hydrogens is 506 g/mol. The van der Waals surface area contributed by atoms with Gasteiger partial charge in [0.25, 0.3) is 5.91 Å². The number of carbonyl (C=O) groups excluding carboxylic acids is 1. The molecule has 0 aliphatic heterocycles. The largest absolute Gasteiger partial charge is 0.507 e. The van der Waals surface area contributed by atoms with Gasteiger partial charge in [0.05, 0.1) is 25.4 Å². The number of hydrogen-bond donors (Lipinski definition) is 3. The fraction of sp³-hybridized carbons (Fsp3) is 0.250. The van der Waals surface area contributed by atoms with Crippen LogP contribution >= 0.6 is 12.2 Å². The van der Waals surface area contributed by atoms with Gasteiger partial charge in [0.2, 0.25) is 11.6 Å². The number of oxazole rings is 1. The number of phenols is 1. The van der Waals surface area contributed by atoms with E-state index in [-0.39, 0.29) is 16.8 Å². The molecule has 0 spiro atoms. The zero-order chi connectivity index (χ0) is 27.2. The van der Waals surface area contributed by atoms with Gasteiger partial charge in [0, 0.05) is 11.3 Å². The smallest absolute Gasteiger partial charge is 0.257 e. The van der Waals surface area contributed by atoms with Crippen LogP contribution in [0.4, 0.5) is 5.69 Å². The van der Waals surface area contributed by atoms with E-state index in [9.17, 15) is 9.90 Å². The van der Waals surface area contributed by atoms with Crippen molar-refractivity contribution in [3.05, 3.63) is 59.7 Å². The van der Waals surface area contributed by atoms with Crippen LogP contribution in [-0.2, 0) is 0 Å². The Balaban J connectivity index is 1.56. The van der Waals surface area contributed by atoms with Gasteiger partial charge in [-0.05, 0) is 81.9 Å². The zero-order valence-corrected chi connectivity index (χ0v) is 22.4. The first-order valence-corrected chi connectivity index (χ1v) is 12.6. The number of amides is 1. The molecule has 10 heteroatoms. The number of anilines is 1. The summed E-state index contributed by atoms with van der Waals surface area (Å²) in [6.45, 7) is 8.48. The molecule has 0 saturated carbocycles. The lowest BCUT2D eigenvalue weighted by molar-refractivity contribution is 0.0976. The van der Waals surface area contributed by atoms with Gasteiger partial charge in [-0.1, -0.05) is 12.1 Å². The van der Waals surface area contributed by atoms with Gasteiger partial charge < -0.3 is 29.1 Å². The van der Waals surface area contributed by atoms with Crippen molar-refractivity contribution >= 4 is 40.0 Å². The van der Waals surface area contributed by atoms with Crippen LogP contribution in [0.15, 0.2) is 52.9 Å². The summed E-state index contributed by atoms with van der Waals surface area (Å²) in [6.07, 6.45) is 0. The van der Waals surface area contributed by atoms with E-state index >= 15 is 0 Å². The van der Waals surface area contributed by atoms with E-state index < -0.39 is 5.91 Å². The molecule has 3 aromatic carbocycles. The maximum absolute atomic E-state index is 13.1. The van der Waals surface area contributed by atoms with Crippen molar-refractivity contribution in [2.45, 2.75) is 27.7 Å². The SMILES string of the molecule is CCOc1cc(C(=O)NC(=S)Nc2cc(C)c(O)c(-c3nc4ccccc4o3)c2)cc(OCC)c1OCC. The number of aryl methyl sites for hydroxylation is 1. The highest BCUT2D eigenvalue weighted by Gasteiger charge is 2.20. The number of aromatic hydroxyl groups is 1. The lowest BCUT2D eigenvalue weighted by atomic mass is 10.1. The highest BCUT2D eigenvalue weighted by molar-refractivity contribution is 7.80. The molecule has 9 nitrogen and oxygen atoms in total. The minimum Gasteiger partial charge on any atom is -0.507 e. The van der Waals surface area contributed by atoms with E-state index in [0.717, 1.165) is 0 Å². The zero-order valence-electron chi connectivity index (χ0n) is 21.6.